The van der Waals surface area contributed by atoms with E-state index >= 15 is 0 Å². The van der Waals surface area contributed by atoms with Crippen LogP contribution in [0.25, 0.3) is 0 Å². The van der Waals surface area contributed by atoms with E-state index in [0.29, 0.717) is 17.6 Å². The first kappa shape index (κ1) is 24.3. The molecule has 3 heterocycles. The highest BCUT2D eigenvalue weighted by atomic mass is 16.6. The first-order valence-corrected chi connectivity index (χ1v) is 10.7. The van der Waals surface area contributed by atoms with E-state index in [2.05, 4.69) is 11.9 Å². The van der Waals surface area contributed by atoms with E-state index < -0.39 is 54.3 Å². The van der Waals surface area contributed by atoms with Crippen LogP contribution in [0.3, 0.4) is 0 Å². The number of nitrogens with zero attached hydrogens (tertiary/aromatic N) is 2. The van der Waals surface area contributed by atoms with E-state index in [1.165, 1.54) is 29.8 Å². The molecule has 0 spiro atoms. The Balaban J connectivity index is 1.87. The van der Waals surface area contributed by atoms with Crippen molar-refractivity contribution in [2.24, 2.45) is 5.92 Å². The first-order valence-electron chi connectivity index (χ1n) is 10.7. The summed E-state index contributed by atoms with van der Waals surface area (Å²) in [7, 11) is 1.43. The Bertz CT molecular complexity index is 925. The minimum absolute atomic E-state index is 0.0134. The number of hydrogen-bond acceptors (Lipinski definition) is 7. The van der Waals surface area contributed by atoms with Crippen molar-refractivity contribution in [1.29, 1.82) is 0 Å². The lowest BCUT2D eigenvalue weighted by atomic mass is 9.82. The molecule has 5 atom stereocenters. The summed E-state index contributed by atoms with van der Waals surface area (Å²) in [5.41, 5.74) is 0.956. The number of likely N-dealkylation sites (tertiary alicyclic amines) is 1. The molecule has 11 heteroatoms. The fourth-order valence-corrected chi connectivity index (χ4v) is 4.71. The molecule has 0 aromatic heterocycles. The van der Waals surface area contributed by atoms with Gasteiger partial charge in [0, 0.05) is 13.5 Å². The average molecular weight is 463 g/mol. The summed E-state index contributed by atoms with van der Waals surface area (Å²) in [4.78, 5) is 51.2. The van der Waals surface area contributed by atoms with Crippen LogP contribution in [0.2, 0.25) is 0 Å². The fraction of sp³-hybridized carbons (Fsp3) is 0.545. The number of carbonyl (C=O) groups is 4. The number of aliphatic carboxylic acids is 1. The van der Waals surface area contributed by atoms with Crippen LogP contribution in [0.1, 0.15) is 26.7 Å². The maximum absolute atomic E-state index is 12.5. The summed E-state index contributed by atoms with van der Waals surface area (Å²) < 4.78 is 10.5. The van der Waals surface area contributed by atoms with Crippen molar-refractivity contribution >= 4 is 24.1 Å². The van der Waals surface area contributed by atoms with E-state index in [1.54, 1.807) is 13.0 Å². The molecular formula is C22H29N3O8. The number of alkyl carbamates (subject to hydrolysis) is 1. The summed E-state index contributed by atoms with van der Waals surface area (Å²) in [5, 5.41) is 22.0. The quantitative estimate of drug-likeness (QED) is 0.375. The number of nitrogens with one attached hydrogen (secondary N) is 1. The van der Waals surface area contributed by atoms with Crippen molar-refractivity contribution in [1.82, 2.24) is 15.1 Å². The lowest BCUT2D eigenvalue weighted by Crippen LogP contribution is -2.61. The largest absolute Gasteiger partial charge is 0.477 e. The molecule has 0 aliphatic carbocycles. The zero-order valence-electron chi connectivity index (χ0n) is 18.8. The maximum atomic E-state index is 12.5. The Kier molecular flexibility index (Phi) is 7.11. The van der Waals surface area contributed by atoms with Crippen molar-refractivity contribution in [2.75, 3.05) is 20.2 Å². The van der Waals surface area contributed by atoms with Gasteiger partial charge in [-0.25, -0.2) is 14.4 Å². The third kappa shape index (κ3) is 4.58. The first-order chi connectivity index (χ1) is 15.6. The molecule has 3 amide bonds. The van der Waals surface area contributed by atoms with Crippen LogP contribution in [0.4, 0.5) is 9.59 Å². The molecule has 3 N–H and O–H groups in total. The molecule has 0 aromatic rings. The molecule has 3 rings (SSSR count). The van der Waals surface area contributed by atoms with Crippen LogP contribution < -0.4 is 5.32 Å². The topological polar surface area (TPSA) is 146 Å². The van der Waals surface area contributed by atoms with Crippen LogP contribution in [0, 0.1) is 5.92 Å². The molecule has 11 nitrogen and oxygen atoms in total. The monoisotopic (exact) mass is 463 g/mol. The Hall–Kier alpha value is -3.34. The number of aliphatic hydroxyl groups is 1. The van der Waals surface area contributed by atoms with Crippen LogP contribution >= 0.6 is 0 Å². The van der Waals surface area contributed by atoms with Gasteiger partial charge in [0.15, 0.2) is 0 Å². The van der Waals surface area contributed by atoms with Gasteiger partial charge in [-0.05, 0) is 31.4 Å². The predicted molar refractivity (Wildman–Crippen MR) is 115 cm³/mol. The van der Waals surface area contributed by atoms with Gasteiger partial charge in [-0.3, -0.25) is 9.69 Å². The van der Waals surface area contributed by atoms with E-state index in [9.17, 15) is 29.4 Å². The molecule has 33 heavy (non-hydrogen) atoms. The van der Waals surface area contributed by atoms with Gasteiger partial charge in [0.2, 0.25) is 5.91 Å². The molecule has 3 aliphatic rings. The Morgan fingerprint density at radius 1 is 1.36 bits per heavy atom. The van der Waals surface area contributed by atoms with Crippen LogP contribution in [0.5, 0.6) is 0 Å². The summed E-state index contributed by atoms with van der Waals surface area (Å²) in [5.74, 6) is -2.29. The third-order valence-corrected chi connectivity index (χ3v) is 6.19. The van der Waals surface area contributed by atoms with Crippen molar-refractivity contribution < 1.29 is 38.9 Å². The van der Waals surface area contributed by atoms with Crippen LogP contribution in [-0.4, -0.2) is 88.6 Å². The van der Waals surface area contributed by atoms with E-state index in [4.69, 9.17) is 9.47 Å². The lowest BCUT2D eigenvalue weighted by molar-refractivity contribution is -0.161. The minimum atomic E-state index is -1.23. The fourth-order valence-electron chi connectivity index (χ4n) is 4.71. The Morgan fingerprint density at radius 2 is 2.06 bits per heavy atom. The van der Waals surface area contributed by atoms with Gasteiger partial charge in [0.25, 0.3) is 0 Å². The number of allylic oxidation sites excluding steroid dienone is 1. The number of β-lactam (4-membered cyclic amide) rings is 1. The van der Waals surface area contributed by atoms with Gasteiger partial charge in [-0.15, -0.1) is 0 Å². The maximum Gasteiger partial charge on any atom is 0.410 e. The molecule has 0 saturated carbocycles. The van der Waals surface area contributed by atoms with Gasteiger partial charge >= 0.3 is 18.2 Å². The molecule has 0 bridgehead atoms. The van der Waals surface area contributed by atoms with Gasteiger partial charge in [-0.1, -0.05) is 18.7 Å². The number of aliphatic hydroxyl groups excluding tert-OH is 1. The Morgan fingerprint density at radius 3 is 2.64 bits per heavy atom. The summed E-state index contributed by atoms with van der Waals surface area (Å²) in [6.45, 7) is 6.87. The summed E-state index contributed by atoms with van der Waals surface area (Å²) in [6, 6.07) is -0.931. The lowest BCUT2D eigenvalue weighted by Gasteiger charge is -2.44. The number of rotatable bonds is 7. The SMILES string of the molecule is C=CCOC(=O)N1C[C@H](OC(=O)NC)C[C@H]1/C=C(\C)C1=C(C(=O)O)N2C(=O)[C@H]([C@@H](C)O)[C@H]2C1. The highest BCUT2D eigenvalue weighted by Gasteiger charge is 2.56. The second kappa shape index (κ2) is 9.65. The number of hydrogen-bond donors (Lipinski definition) is 3. The van der Waals surface area contributed by atoms with E-state index in [-0.39, 0.29) is 25.3 Å². The van der Waals surface area contributed by atoms with E-state index in [1.807, 2.05) is 0 Å². The van der Waals surface area contributed by atoms with Gasteiger partial charge in [-0.2, -0.15) is 0 Å². The minimum Gasteiger partial charge on any atom is -0.477 e. The molecule has 3 aliphatic heterocycles. The second-order valence-corrected chi connectivity index (χ2v) is 8.33. The number of fused-ring (bicyclic) bond motifs is 1. The molecule has 2 fully saturated rings. The van der Waals surface area contributed by atoms with Gasteiger partial charge < -0.3 is 29.9 Å². The number of carbonyl (C=O) groups excluding carboxylic acids is 3. The molecular weight excluding hydrogens is 434 g/mol. The number of carboxylic acids is 1. The second-order valence-electron chi connectivity index (χ2n) is 8.33. The highest BCUT2D eigenvalue weighted by molar-refractivity contribution is 6.00. The van der Waals surface area contributed by atoms with Crippen molar-refractivity contribution in [3.63, 3.8) is 0 Å². The van der Waals surface area contributed by atoms with Crippen molar-refractivity contribution in [3.05, 3.63) is 35.6 Å². The zero-order chi connectivity index (χ0) is 24.4. The van der Waals surface area contributed by atoms with E-state index in [0.717, 1.165) is 0 Å². The normalized spacial score (nSPS) is 27.6. The van der Waals surface area contributed by atoms with Crippen molar-refractivity contribution in [2.45, 2.75) is 51.0 Å². The van der Waals surface area contributed by atoms with Crippen molar-refractivity contribution in [3.8, 4) is 0 Å². The van der Waals surface area contributed by atoms with Gasteiger partial charge in [0.05, 0.1) is 30.7 Å². The highest BCUT2D eigenvalue weighted by Crippen LogP contribution is 2.45. The third-order valence-electron chi connectivity index (χ3n) is 6.19. The average Bonchev–Trinajstić information content (AvgIpc) is 3.30. The molecule has 0 unspecified atom stereocenters. The Labute approximate surface area is 191 Å². The predicted octanol–water partition coefficient (Wildman–Crippen LogP) is 1.00. The number of carboxylic acid groups (broad SMARTS) is 1. The summed E-state index contributed by atoms with van der Waals surface area (Å²) >= 11 is 0. The standard InChI is InChI=1S/C22H29N3O8/c1-5-6-32-22(31)24-10-14(33-21(30)23-4)8-13(24)7-11(2)15-9-16-17(12(3)26)19(27)25(16)18(15)20(28)29/h5,7,12-14,16-17,26H,1,6,8-10H2,2-4H3,(H,23,30)(H,28,29)/b11-7+/t12-,13-,14-,16-,17-/m1/s1. The molecule has 0 aromatic carbocycles. The molecule has 180 valence electrons. The zero-order valence-corrected chi connectivity index (χ0v) is 18.8. The van der Waals surface area contributed by atoms with Crippen LogP contribution in [-0.2, 0) is 19.1 Å². The number of amides is 3. The molecule has 0 radical (unpaired) electrons. The van der Waals surface area contributed by atoms with Crippen LogP contribution in [0.15, 0.2) is 35.6 Å². The number of ether oxygens (including phenoxy) is 2. The molecule has 2 saturated heterocycles. The summed E-state index contributed by atoms with van der Waals surface area (Å²) in [6.07, 6.45) is 1.05. The smallest absolute Gasteiger partial charge is 0.410 e. The van der Waals surface area contributed by atoms with Gasteiger partial charge in [0.1, 0.15) is 18.4 Å².